The molecule has 0 fully saturated rings. The Morgan fingerprint density at radius 3 is 1.80 bits per heavy atom. The van der Waals surface area contributed by atoms with Gasteiger partial charge in [0.15, 0.2) is 0 Å². The molecular formula is C6H7F6NO2. The topological polar surface area (TPSA) is 38.3 Å². The average Bonchev–Trinajstić information content (AvgIpc) is 1.96. The molecule has 90 valence electrons. The van der Waals surface area contributed by atoms with E-state index in [0.29, 0.717) is 0 Å². The molecule has 0 aromatic rings. The van der Waals surface area contributed by atoms with E-state index in [1.54, 1.807) is 5.32 Å². The van der Waals surface area contributed by atoms with Gasteiger partial charge in [-0.2, -0.15) is 26.3 Å². The Morgan fingerprint density at radius 1 is 1.13 bits per heavy atom. The lowest BCUT2D eigenvalue weighted by atomic mass is 10.3. The van der Waals surface area contributed by atoms with E-state index in [1.807, 2.05) is 0 Å². The van der Waals surface area contributed by atoms with Crippen LogP contribution < -0.4 is 5.32 Å². The molecule has 0 rings (SSSR count). The van der Waals surface area contributed by atoms with Gasteiger partial charge in [0.2, 0.25) is 6.41 Å². The van der Waals surface area contributed by atoms with Gasteiger partial charge in [-0.05, 0) is 6.92 Å². The number of carbonyl (C=O) groups is 1. The van der Waals surface area contributed by atoms with Crippen LogP contribution in [0, 0.1) is 0 Å². The first-order chi connectivity index (χ1) is 6.59. The number of carbonyl (C=O) groups excluding carboxylic acids is 1. The van der Waals surface area contributed by atoms with Crippen molar-refractivity contribution >= 4 is 6.41 Å². The first-order valence-electron chi connectivity index (χ1n) is 3.57. The first-order valence-corrected chi connectivity index (χ1v) is 3.57. The van der Waals surface area contributed by atoms with Gasteiger partial charge in [0.05, 0.1) is 0 Å². The van der Waals surface area contributed by atoms with Crippen LogP contribution in [0.2, 0.25) is 0 Å². The molecule has 0 aromatic heterocycles. The molecule has 0 saturated carbocycles. The number of alkyl halides is 6. The molecule has 0 heterocycles. The Balaban J connectivity index is 4.61. The second-order valence-corrected chi connectivity index (χ2v) is 2.53. The van der Waals surface area contributed by atoms with Crippen LogP contribution >= 0.6 is 0 Å². The van der Waals surface area contributed by atoms with Crippen molar-refractivity contribution in [1.29, 1.82) is 0 Å². The van der Waals surface area contributed by atoms with Crippen molar-refractivity contribution in [2.45, 2.75) is 31.6 Å². The number of rotatable bonds is 4. The number of hydrogen-bond donors (Lipinski definition) is 1. The van der Waals surface area contributed by atoms with Crippen LogP contribution in [0.1, 0.15) is 6.92 Å². The molecule has 9 heteroatoms. The third-order valence-electron chi connectivity index (χ3n) is 1.24. The molecular weight excluding hydrogens is 232 g/mol. The molecule has 0 aliphatic heterocycles. The first kappa shape index (κ1) is 14.0. The minimum atomic E-state index is -5.57. The van der Waals surface area contributed by atoms with Crippen molar-refractivity contribution in [3.8, 4) is 0 Å². The van der Waals surface area contributed by atoms with Crippen LogP contribution in [0.4, 0.5) is 26.3 Å². The summed E-state index contributed by atoms with van der Waals surface area (Å²) in [6.45, 7) is 0.846. The highest BCUT2D eigenvalue weighted by molar-refractivity contribution is 5.46. The van der Waals surface area contributed by atoms with Crippen LogP contribution in [-0.4, -0.2) is 31.1 Å². The van der Waals surface area contributed by atoms with Gasteiger partial charge in [0.1, 0.15) is 6.23 Å². The molecule has 0 aliphatic rings. The highest BCUT2D eigenvalue weighted by Crippen LogP contribution is 2.35. The van der Waals surface area contributed by atoms with Crippen LogP contribution in [0.5, 0.6) is 0 Å². The zero-order chi connectivity index (χ0) is 12.3. The normalized spacial score (nSPS) is 15.2. The zero-order valence-electron chi connectivity index (χ0n) is 7.32. The second kappa shape index (κ2) is 4.69. The smallest absolute Gasteiger partial charge is 0.337 e. The van der Waals surface area contributed by atoms with Gasteiger partial charge in [-0.25, -0.2) is 0 Å². The van der Waals surface area contributed by atoms with Gasteiger partial charge in [0.25, 0.3) is 6.10 Å². The Morgan fingerprint density at radius 2 is 1.53 bits per heavy atom. The summed E-state index contributed by atoms with van der Waals surface area (Å²) in [6, 6.07) is 0. The molecule has 0 radical (unpaired) electrons. The molecule has 1 unspecified atom stereocenters. The van der Waals surface area contributed by atoms with E-state index < -0.39 is 24.7 Å². The van der Waals surface area contributed by atoms with Crippen molar-refractivity contribution in [3.05, 3.63) is 0 Å². The van der Waals surface area contributed by atoms with Gasteiger partial charge >= 0.3 is 12.4 Å². The summed E-state index contributed by atoms with van der Waals surface area (Å²) in [6.07, 6.45) is -16.8. The van der Waals surface area contributed by atoms with Crippen LogP contribution in [0.3, 0.4) is 0 Å². The minimum absolute atomic E-state index is 0.0610. The number of halogens is 6. The Labute approximate surface area is 80.4 Å². The Kier molecular flexibility index (Phi) is 4.38. The molecule has 0 saturated heterocycles. The molecule has 0 aromatic carbocycles. The molecule has 0 aliphatic carbocycles. The summed E-state index contributed by atoms with van der Waals surface area (Å²) in [4.78, 5) is 9.74. The molecule has 0 bridgehead atoms. The summed E-state index contributed by atoms with van der Waals surface area (Å²) in [5, 5.41) is 1.62. The molecule has 1 N–H and O–H groups in total. The van der Waals surface area contributed by atoms with Crippen LogP contribution in [0.25, 0.3) is 0 Å². The number of nitrogens with one attached hydrogen (secondary N) is 1. The summed E-state index contributed by atoms with van der Waals surface area (Å²) < 4.78 is 74.8. The number of hydrogen-bond acceptors (Lipinski definition) is 2. The lowest BCUT2D eigenvalue weighted by Crippen LogP contribution is -2.48. The summed E-state index contributed by atoms with van der Waals surface area (Å²) in [5.74, 6) is 0. The maximum absolute atomic E-state index is 11.9. The van der Waals surface area contributed by atoms with Gasteiger partial charge in [0, 0.05) is 0 Å². The van der Waals surface area contributed by atoms with E-state index >= 15 is 0 Å². The summed E-state index contributed by atoms with van der Waals surface area (Å²) in [5.41, 5.74) is 0. The van der Waals surface area contributed by atoms with E-state index in [4.69, 9.17) is 0 Å². The fourth-order valence-corrected chi connectivity index (χ4v) is 0.679. The summed E-state index contributed by atoms with van der Waals surface area (Å²) >= 11 is 0. The van der Waals surface area contributed by atoms with Crippen molar-refractivity contribution < 1.29 is 35.9 Å². The SMILES string of the molecule is CC(NC=O)OC(C(F)(F)F)C(F)(F)F. The van der Waals surface area contributed by atoms with Crippen molar-refractivity contribution in [2.75, 3.05) is 0 Å². The maximum atomic E-state index is 11.9. The van der Waals surface area contributed by atoms with E-state index in [9.17, 15) is 31.1 Å². The zero-order valence-corrected chi connectivity index (χ0v) is 7.32. The fraction of sp³-hybridized carbons (Fsp3) is 0.833. The minimum Gasteiger partial charge on any atom is -0.337 e. The number of amides is 1. The largest absolute Gasteiger partial charge is 0.423 e. The standard InChI is InChI=1S/C6H7F6NO2/c1-3(13-2-14)15-4(5(7,8)9)6(10,11)12/h2-4H,1H3,(H,13,14). The Bertz CT molecular complexity index is 199. The monoisotopic (exact) mass is 239 g/mol. The lowest BCUT2D eigenvalue weighted by Gasteiger charge is -2.25. The van der Waals surface area contributed by atoms with E-state index in [2.05, 4.69) is 4.74 Å². The van der Waals surface area contributed by atoms with Crippen LogP contribution in [0.15, 0.2) is 0 Å². The highest BCUT2D eigenvalue weighted by atomic mass is 19.4. The van der Waals surface area contributed by atoms with Crippen LogP contribution in [-0.2, 0) is 9.53 Å². The highest BCUT2D eigenvalue weighted by Gasteiger charge is 2.58. The third-order valence-corrected chi connectivity index (χ3v) is 1.24. The van der Waals surface area contributed by atoms with Crippen molar-refractivity contribution in [2.24, 2.45) is 0 Å². The van der Waals surface area contributed by atoms with Crippen molar-refractivity contribution in [3.63, 3.8) is 0 Å². The quantitative estimate of drug-likeness (QED) is 0.459. The molecule has 3 nitrogen and oxygen atoms in total. The van der Waals surface area contributed by atoms with Gasteiger partial charge < -0.3 is 10.1 Å². The molecule has 15 heavy (non-hydrogen) atoms. The molecule has 0 spiro atoms. The third kappa shape index (κ3) is 4.86. The maximum Gasteiger partial charge on any atom is 0.423 e. The van der Waals surface area contributed by atoms with Gasteiger partial charge in [-0.3, -0.25) is 4.79 Å². The van der Waals surface area contributed by atoms with Gasteiger partial charge in [-0.15, -0.1) is 0 Å². The number of ether oxygens (including phenoxy) is 1. The average molecular weight is 239 g/mol. The fourth-order valence-electron chi connectivity index (χ4n) is 0.679. The van der Waals surface area contributed by atoms with Gasteiger partial charge in [-0.1, -0.05) is 0 Å². The summed E-state index contributed by atoms with van der Waals surface area (Å²) in [7, 11) is 0. The Hall–Kier alpha value is -0.990. The van der Waals surface area contributed by atoms with E-state index in [1.165, 1.54) is 0 Å². The predicted molar refractivity (Wildman–Crippen MR) is 35.6 cm³/mol. The van der Waals surface area contributed by atoms with E-state index in [-0.39, 0.29) is 6.41 Å². The molecule has 1 atom stereocenters. The second-order valence-electron chi connectivity index (χ2n) is 2.53. The van der Waals surface area contributed by atoms with E-state index in [0.717, 1.165) is 6.92 Å². The lowest BCUT2D eigenvalue weighted by molar-refractivity contribution is -0.331. The van der Waals surface area contributed by atoms with Crippen molar-refractivity contribution in [1.82, 2.24) is 5.32 Å². The predicted octanol–water partition coefficient (Wildman–Crippen LogP) is 1.59. The molecule has 1 amide bonds.